The van der Waals surface area contributed by atoms with Gasteiger partial charge in [-0.25, -0.2) is 4.98 Å². The molecule has 1 fully saturated rings. The van der Waals surface area contributed by atoms with Crippen LogP contribution in [-0.4, -0.2) is 46.3 Å². The molecule has 148 valence electrons. The zero-order valence-electron chi connectivity index (χ0n) is 16.0. The minimum Gasteiger partial charge on any atom is -0.465 e. The van der Waals surface area contributed by atoms with Crippen LogP contribution in [0.1, 0.15) is 29.1 Å². The number of likely N-dealkylation sites (tertiary alicyclic amines) is 1. The van der Waals surface area contributed by atoms with Crippen molar-refractivity contribution >= 4 is 28.9 Å². The van der Waals surface area contributed by atoms with E-state index in [2.05, 4.69) is 15.3 Å². The average Bonchev–Trinajstić information content (AvgIpc) is 3.29. The Morgan fingerprint density at radius 2 is 1.93 bits per heavy atom. The molecule has 2 amide bonds. The average molecular weight is 390 g/mol. The van der Waals surface area contributed by atoms with Crippen LogP contribution in [0.15, 0.2) is 59.4 Å². The van der Waals surface area contributed by atoms with E-state index < -0.39 is 0 Å². The number of rotatable bonds is 5. The molecule has 1 saturated heterocycles. The van der Waals surface area contributed by atoms with Gasteiger partial charge in [0, 0.05) is 25.7 Å². The maximum Gasteiger partial charge on any atom is 0.271 e. The standard InChI is InChI=1S/C22H22N4O3/c27-21(8-7-17-4-3-13-29-17)26-11-9-16(10-12-26)14-24-22(28)20-15-23-18-5-1-2-6-19(18)25-20/h1-8,13,15-16H,9-12,14H2,(H,24,28). The number of aromatic nitrogens is 2. The Bertz CT molecular complexity index is 1020. The molecule has 0 spiro atoms. The lowest BCUT2D eigenvalue weighted by molar-refractivity contribution is -0.127. The molecule has 0 saturated carbocycles. The number of nitrogens with one attached hydrogen (secondary N) is 1. The lowest BCUT2D eigenvalue weighted by atomic mass is 9.96. The first kappa shape index (κ1) is 18.9. The van der Waals surface area contributed by atoms with E-state index in [-0.39, 0.29) is 11.8 Å². The topological polar surface area (TPSA) is 88.3 Å². The third-order valence-corrected chi connectivity index (χ3v) is 5.09. The van der Waals surface area contributed by atoms with Crippen LogP contribution >= 0.6 is 0 Å². The lowest BCUT2D eigenvalue weighted by Crippen LogP contribution is -2.41. The number of hydrogen-bond acceptors (Lipinski definition) is 5. The largest absolute Gasteiger partial charge is 0.465 e. The van der Waals surface area contributed by atoms with Crippen LogP contribution in [-0.2, 0) is 4.79 Å². The second kappa shape index (κ2) is 8.68. The van der Waals surface area contributed by atoms with Gasteiger partial charge in [-0.15, -0.1) is 0 Å². The molecule has 2 aromatic heterocycles. The second-order valence-corrected chi connectivity index (χ2v) is 7.07. The molecule has 0 radical (unpaired) electrons. The number of hydrogen-bond donors (Lipinski definition) is 1. The minimum absolute atomic E-state index is 0.0182. The van der Waals surface area contributed by atoms with E-state index in [9.17, 15) is 9.59 Å². The third-order valence-electron chi connectivity index (χ3n) is 5.09. The van der Waals surface area contributed by atoms with E-state index in [4.69, 9.17) is 4.42 Å². The fourth-order valence-corrected chi connectivity index (χ4v) is 3.40. The van der Waals surface area contributed by atoms with E-state index in [0.29, 0.717) is 42.5 Å². The molecule has 1 aromatic carbocycles. The van der Waals surface area contributed by atoms with Crippen LogP contribution in [0.5, 0.6) is 0 Å². The van der Waals surface area contributed by atoms with Gasteiger partial charge in [-0.1, -0.05) is 12.1 Å². The SMILES string of the molecule is O=C(NCC1CCN(C(=O)C=Cc2ccco2)CC1)c1cnc2ccccc2n1. The second-order valence-electron chi connectivity index (χ2n) is 7.07. The Morgan fingerprint density at radius 1 is 1.14 bits per heavy atom. The van der Waals surface area contributed by atoms with Crippen LogP contribution in [0, 0.1) is 5.92 Å². The number of piperidine rings is 1. The first-order chi connectivity index (χ1) is 14.2. The summed E-state index contributed by atoms with van der Waals surface area (Å²) in [7, 11) is 0. The molecule has 7 nitrogen and oxygen atoms in total. The van der Waals surface area contributed by atoms with Crippen molar-refractivity contribution in [1.82, 2.24) is 20.2 Å². The molecule has 1 aliphatic rings. The molecular weight excluding hydrogens is 368 g/mol. The van der Waals surface area contributed by atoms with Gasteiger partial charge in [-0.05, 0) is 49.1 Å². The lowest BCUT2D eigenvalue weighted by Gasteiger charge is -2.31. The van der Waals surface area contributed by atoms with Crippen molar-refractivity contribution < 1.29 is 14.0 Å². The zero-order chi connectivity index (χ0) is 20.1. The molecule has 0 unspecified atom stereocenters. The van der Waals surface area contributed by atoms with Crippen LogP contribution < -0.4 is 5.32 Å². The summed E-state index contributed by atoms with van der Waals surface area (Å²) < 4.78 is 5.20. The number of fused-ring (bicyclic) bond motifs is 1. The van der Waals surface area contributed by atoms with E-state index >= 15 is 0 Å². The number of carbonyl (C=O) groups is 2. The number of furan rings is 1. The summed E-state index contributed by atoms with van der Waals surface area (Å²) >= 11 is 0. The van der Waals surface area contributed by atoms with Crippen molar-refractivity contribution in [3.8, 4) is 0 Å². The molecule has 0 aliphatic carbocycles. The summed E-state index contributed by atoms with van der Waals surface area (Å²) in [6.45, 7) is 1.92. The summed E-state index contributed by atoms with van der Waals surface area (Å²) in [5.74, 6) is 0.761. The first-order valence-electron chi connectivity index (χ1n) is 9.69. The Balaban J connectivity index is 1.25. The number of amides is 2. The molecule has 4 rings (SSSR count). The Kier molecular flexibility index (Phi) is 5.65. The number of benzene rings is 1. The number of carbonyl (C=O) groups excluding carboxylic acids is 2. The summed E-state index contributed by atoms with van der Waals surface area (Å²) in [4.78, 5) is 35.2. The van der Waals surface area contributed by atoms with Gasteiger partial charge < -0.3 is 14.6 Å². The molecule has 3 heterocycles. The maximum absolute atomic E-state index is 12.4. The van der Waals surface area contributed by atoms with E-state index in [1.54, 1.807) is 30.5 Å². The monoisotopic (exact) mass is 390 g/mol. The van der Waals surface area contributed by atoms with Crippen molar-refractivity contribution in [2.24, 2.45) is 5.92 Å². The van der Waals surface area contributed by atoms with Gasteiger partial charge >= 0.3 is 0 Å². The van der Waals surface area contributed by atoms with E-state index in [1.807, 2.05) is 29.2 Å². The predicted molar refractivity (Wildman–Crippen MR) is 109 cm³/mol. The molecule has 0 atom stereocenters. The Morgan fingerprint density at radius 3 is 2.69 bits per heavy atom. The quantitative estimate of drug-likeness (QED) is 0.677. The van der Waals surface area contributed by atoms with Crippen molar-refractivity contribution in [2.45, 2.75) is 12.8 Å². The normalized spacial score (nSPS) is 15.1. The number of para-hydroxylation sites is 2. The van der Waals surface area contributed by atoms with Gasteiger partial charge in [-0.3, -0.25) is 14.6 Å². The van der Waals surface area contributed by atoms with Gasteiger partial charge in [0.1, 0.15) is 11.5 Å². The van der Waals surface area contributed by atoms with Crippen molar-refractivity contribution in [3.63, 3.8) is 0 Å². The summed E-state index contributed by atoms with van der Waals surface area (Å²) in [5.41, 5.74) is 1.79. The molecular formula is C22H22N4O3. The van der Waals surface area contributed by atoms with E-state index in [1.165, 1.54) is 6.20 Å². The van der Waals surface area contributed by atoms with Gasteiger partial charge in [-0.2, -0.15) is 0 Å². The van der Waals surface area contributed by atoms with Crippen molar-refractivity contribution in [1.29, 1.82) is 0 Å². The van der Waals surface area contributed by atoms with Gasteiger partial charge in [0.25, 0.3) is 5.91 Å². The minimum atomic E-state index is -0.219. The zero-order valence-corrected chi connectivity index (χ0v) is 16.0. The fraction of sp³-hybridized carbons (Fsp3) is 0.273. The highest BCUT2D eigenvalue weighted by Crippen LogP contribution is 2.17. The molecule has 3 aromatic rings. The van der Waals surface area contributed by atoms with Crippen LogP contribution in [0.25, 0.3) is 17.1 Å². The van der Waals surface area contributed by atoms with E-state index in [0.717, 1.165) is 18.4 Å². The molecule has 29 heavy (non-hydrogen) atoms. The van der Waals surface area contributed by atoms with Crippen molar-refractivity contribution in [2.75, 3.05) is 19.6 Å². The molecule has 7 heteroatoms. The van der Waals surface area contributed by atoms with Crippen LogP contribution in [0.4, 0.5) is 0 Å². The van der Waals surface area contributed by atoms with Gasteiger partial charge in [0.05, 0.1) is 23.5 Å². The molecule has 1 N–H and O–H groups in total. The molecule has 1 aliphatic heterocycles. The van der Waals surface area contributed by atoms with Crippen LogP contribution in [0.3, 0.4) is 0 Å². The predicted octanol–water partition coefficient (Wildman–Crippen LogP) is 2.90. The first-order valence-corrected chi connectivity index (χ1v) is 9.69. The summed E-state index contributed by atoms with van der Waals surface area (Å²) in [6.07, 6.45) is 8.00. The highest BCUT2D eigenvalue weighted by atomic mass is 16.3. The third kappa shape index (κ3) is 4.68. The van der Waals surface area contributed by atoms with Gasteiger partial charge in [0.15, 0.2) is 0 Å². The Labute approximate surface area is 168 Å². The smallest absolute Gasteiger partial charge is 0.271 e. The van der Waals surface area contributed by atoms with Crippen molar-refractivity contribution in [3.05, 3.63) is 66.4 Å². The summed E-state index contributed by atoms with van der Waals surface area (Å²) in [6, 6.07) is 11.1. The molecule has 0 bridgehead atoms. The van der Waals surface area contributed by atoms with Crippen LogP contribution in [0.2, 0.25) is 0 Å². The number of nitrogens with zero attached hydrogens (tertiary/aromatic N) is 3. The Hall–Kier alpha value is -3.48. The maximum atomic E-state index is 12.4. The van der Waals surface area contributed by atoms with Gasteiger partial charge in [0.2, 0.25) is 5.91 Å². The fourth-order valence-electron chi connectivity index (χ4n) is 3.40. The highest BCUT2D eigenvalue weighted by Gasteiger charge is 2.22. The highest BCUT2D eigenvalue weighted by molar-refractivity contribution is 5.93. The summed E-state index contributed by atoms with van der Waals surface area (Å²) in [5, 5.41) is 2.95.